The second kappa shape index (κ2) is 26.6. The molecule has 0 aromatic carbocycles. The molecule has 0 saturated carbocycles. The molecule has 0 aromatic heterocycles. The molecule has 42 heavy (non-hydrogen) atoms. The van der Waals surface area contributed by atoms with Gasteiger partial charge in [-0.3, -0.25) is 0 Å². The third kappa shape index (κ3) is 20.8. The molecule has 17 heteroatoms. The van der Waals surface area contributed by atoms with E-state index in [2.05, 4.69) is 19.7 Å². The van der Waals surface area contributed by atoms with Crippen LogP contribution >= 0.6 is 0 Å². The zero-order chi connectivity index (χ0) is 33.1. The van der Waals surface area contributed by atoms with Crippen LogP contribution in [0.2, 0.25) is 18.6 Å². The SMILES string of the molecule is C=CC(=O)OCCC[Si](C)(OC)OC.C=CC(=O)OCCC[Si](OC)(OC)OC.C=CC(=O)OC[Si](OC)(OC)OC. The van der Waals surface area contributed by atoms with E-state index in [-0.39, 0.29) is 12.2 Å². The van der Waals surface area contributed by atoms with Gasteiger partial charge in [0.15, 0.2) is 6.23 Å². The maximum absolute atomic E-state index is 10.7. The number of carbonyl (C=O) groups excluding carboxylic acids is 3. The Hall–Kier alpha value is -2.04. The van der Waals surface area contributed by atoms with Gasteiger partial charge in [0, 0.05) is 81.2 Å². The molecular formula is C25H50O14Si3. The number of carbonyl (C=O) groups is 3. The van der Waals surface area contributed by atoms with Crippen molar-refractivity contribution in [1.29, 1.82) is 0 Å². The molecule has 0 aromatic rings. The summed E-state index contributed by atoms with van der Waals surface area (Å²) >= 11 is 0. The van der Waals surface area contributed by atoms with Gasteiger partial charge in [0.1, 0.15) is 0 Å². The maximum atomic E-state index is 10.7. The molecule has 0 aliphatic heterocycles. The number of esters is 3. The summed E-state index contributed by atoms with van der Waals surface area (Å²) in [5.74, 6) is -1.33. The van der Waals surface area contributed by atoms with Crippen molar-refractivity contribution in [3.8, 4) is 0 Å². The van der Waals surface area contributed by atoms with Gasteiger partial charge in [0.25, 0.3) is 0 Å². The predicted molar refractivity (Wildman–Crippen MR) is 162 cm³/mol. The number of hydrogen-bond acceptors (Lipinski definition) is 14. The molecule has 0 heterocycles. The van der Waals surface area contributed by atoms with Gasteiger partial charge in [0.2, 0.25) is 0 Å². The second-order valence-corrected chi connectivity index (χ2v) is 17.4. The monoisotopic (exact) mass is 658 g/mol. The summed E-state index contributed by atoms with van der Waals surface area (Å²) in [7, 11) is 4.98. The van der Waals surface area contributed by atoms with Crippen molar-refractivity contribution in [2.24, 2.45) is 0 Å². The minimum absolute atomic E-state index is 0.0125. The van der Waals surface area contributed by atoms with Crippen LogP contribution in [0.25, 0.3) is 0 Å². The predicted octanol–water partition coefficient (Wildman–Crippen LogP) is 2.59. The third-order valence-electron chi connectivity index (χ3n) is 5.51. The molecule has 0 aliphatic rings. The van der Waals surface area contributed by atoms with E-state index in [1.165, 1.54) is 21.3 Å². The topological polar surface area (TPSA) is 153 Å². The van der Waals surface area contributed by atoms with E-state index >= 15 is 0 Å². The smallest absolute Gasteiger partial charge is 0.463 e. The van der Waals surface area contributed by atoms with Gasteiger partial charge in [-0.25, -0.2) is 14.4 Å². The van der Waals surface area contributed by atoms with E-state index in [0.717, 1.165) is 30.7 Å². The van der Waals surface area contributed by atoms with Crippen molar-refractivity contribution < 1.29 is 64.0 Å². The Bertz CT molecular complexity index is 753. The highest BCUT2D eigenvalue weighted by Crippen LogP contribution is 2.15. The van der Waals surface area contributed by atoms with E-state index in [1.54, 1.807) is 35.5 Å². The lowest BCUT2D eigenvalue weighted by Gasteiger charge is -2.23. The van der Waals surface area contributed by atoms with Gasteiger partial charge in [-0.2, -0.15) is 0 Å². The van der Waals surface area contributed by atoms with E-state index in [0.29, 0.717) is 25.7 Å². The summed E-state index contributed by atoms with van der Waals surface area (Å²) in [4.78, 5) is 32.1. The molecule has 246 valence electrons. The summed E-state index contributed by atoms with van der Waals surface area (Å²) in [6.07, 6.45) is 4.74. The Morgan fingerprint density at radius 2 is 0.857 bits per heavy atom. The molecule has 0 atom stereocenters. The Balaban J connectivity index is -0.000000545. The highest BCUT2D eigenvalue weighted by molar-refractivity contribution is 6.65. The van der Waals surface area contributed by atoms with Gasteiger partial charge in [-0.15, -0.1) is 0 Å². The van der Waals surface area contributed by atoms with Crippen molar-refractivity contribution >= 4 is 44.1 Å². The van der Waals surface area contributed by atoms with Gasteiger partial charge in [-0.1, -0.05) is 19.7 Å². The summed E-state index contributed by atoms with van der Waals surface area (Å²) in [5.41, 5.74) is 0. The molecular weight excluding hydrogens is 609 g/mol. The van der Waals surface area contributed by atoms with Crippen LogP contribution in [0.4, 0.5) is 0 Å². The van der Waals surface area contributed by atoms with Gasteiger partial charge < -0.3 is 49.6 Å². The lowest BCUT2D eigenvalue weighted by molar-refractivity contribution is -0.138. The average molecular weight is 659 g/mol. The first-order valence-corrected chi connectivity index (χ1v) is 19.0. The quantitative estimate of drug-likeness (QED) is 0.0584. The Morgan fingerprint density at radius 1 is 0.524 bits per heavy atom. The van der Waals surface area contributed by atoms with Crippen LogP contribution in [0.1, 0.15) is 12.8 Å². The molecule has 0 spiro atoms. The molecule has 0 aliphatic carbocycles. The average Bonchev–Trinajstić information content (AvgIpc) is 3.04. The Labute approximate surface area is 253 Å². The van der Waals surface area contributed by atoms with Crippen LogP contribution in [-0.2, 0) is 64.0 Å². The lowest BCUT2D eigenvalue weighted by atomic mass is 10.5. The van der Waals surface area contributed by atoms with Crippen LogP contribution < -0.4 is 0 Å². The van der Waals surface area contributed by atoms with Gasteiger partial charge in [-0.05, 0) is 25.4 Å². The summed E-state index contributed by atoms with van der Waals surface area (Å²) < 4.78 is 55.6. The highest BCUT2D eigenvalue weighted by atomic mass is 28.4. The number of ether oxygens (including phenoxy) is 3. The third-order valence-corrected chi connectivity index (χ3v) is 13.7. The first-order valence-electron chi connectivity index (χ1n) is 12.6. The largest absolute Gasteiger partial charge is 0.539 e. The van der Waals surface area contributed by atoms with E-state index in [9.17, 15) is 14.4 Å². The van der Waals surface area contributed by atoms with Gasteiger partial charge >= 0.3 is 44.1 Å². The van der Waals surface area contributed by atoms with E-state index in [4.69, 9.17) is 49.6 Å². The minimum Gasteiger partial charge on any atom is -0.463 e. The van der Waals surface area contributed by atoms with Crippen molar-refractivity contribution in [2.45, 2.75) is 31.5 Å². The van der Waals surface area contributed by atoms with Crippen molar-refractivity contribution in [3.63, 3.8) is 0 Å². The van der Waals surface area contributed by atoms with Crippen LogP contribution in [0.3, 0.4) is 0 Å². The van der Waals surface area contributed by atoms with E-state index < -0.39 is 38.1 Å². The van der Waals surface area contributed by atoms with Crippen LogP contribution in [0.5, 0.6) is 0 Å². The number of rotatable bonds is 21. The first kappa shape index (κ1) is 44.4. The fourth-order valence-corrected chi connectivity index (χ4v) is 6.86. The van der Waals surface area contributed by atoms with E-state index in [1.807, 2.05) is 6.55 Å². The van der Waals surface area contributed by atoms with Gasteiger partial charge in [0.05, 0.1) is 13.2 Å². The summed E-state index contributed by atoms with van der Waals surface area (Å²) in [6.45, 7) is 12.5. The minimum atomic E-state index is -2.79. The summed E-state index contributed by atoms with van der Waals surface area (Å²) in [5, 5.41) is 0. The lowest BCUT2D eigenvalue weighted by Crippen LogP contribution is -2.48. The fourth-order valence-electron chi connectivity index (χ4n) is 2.63. The standard InChI is InChI=1S/C9H18O5Si.C9H18O4Si.C7H14O5Si/c1-5-9(10)14-7-6-8-15(11-2,12-3)13-4;1-5-9(10)13-7-6-8-14(4,11-2)12-3;1-5-7(8)12-6-13(9-2,10-3)11-4/h5H,1,6-8H2,2-4H3;5H,1,6-8H2,2-4H3;5H,1,6H2,2-4H3. The Kier molecular flexibility index (Phi) is 28.1. The zero-order valence-corrected chi connectivity index (χ0v) is 29.5. The van der Waals surface area contributed by atoms with Crippen LogP contribution in [0, 0.1) is 0 Å². The van der Waals surface area contributed by atoms with Crippen LogP contribution in [0.15, 0.2) is 38.0 Å². The molecule has 0 unspecified atom stereocenters. The molecule has 0 bridgehead atoms. The van der Waals surface area contributed by atoms with Crippen molar-refractivity contribution in [2.75, 3.05) is 76.3 Å². The molecule has 0 amide bonds. The molecule has 0 fully saturated rings. The molecule has 14 nitrogen and oxygen atoms in total. The van der Waals surface area contributed by atoms with Crippen molar-refractivity contribution in [1.82, 2.24) is 0 Å². The Morgan fingerprint density at radius 3 is 1.17 bits per heavy atom. The molecule has 0 radical (unpaired) electrons. The van der Waals surface area contributed by atoms with Crippen molar-refractivity contribution in [3.05, 3.63) is 38.0 Å². The second-order valence-electron chi connectivity index (χ2n) is 7.90. The fraction of sp³-hybridized carbons (Fsp3) is 0.640. The first-order chi connectivity index (χ1) is 19.8. The maximum Gasteiger partial charge on any atom is 0.539 e. The highest BCUT2D eigenvalue weighted by Gasteiger charge is 2.40. The summed E-state index contributed by atoms with van der Waals surface area (Å²) in [6, 6.07) is 1.42. The molecule has 0 N–H and O–H groups in total. The van der Waals surface area contributed by atoms with Crippen LogP contribution in [-0.4, -0.2) is 120 Å². The molecule has 0 saturated heterocycles. The molecule has 0 rings (SSSR count). The number of hydrogen-bond donors (Lipinski definition) is 0. The zero-order valence-electron chi connectivity index (χ0n) is 26.5. The normalized spacial score (nSPS) is 11.1.